The molecule has 1 aliphatic rings. The van der Waals surface area contributed by atoms with Crippen LogP contribution in [-0.2, 0) is 6.42 Å². The van der Waals surface area contributed by atoms with Crippen molar-refractivity contribution in [1.29, 1.82) is 0 Å². The van der Waals surface area contributed by atoms with Crippen molar-refractivity contribution >= 4 is 37.9 Å². The summed E-state index contributed by atoms with van der Waals surface area (Å²) in [5, 5.41) is 7.73. The van der Waals surface area contributed by atoms with Gasteiger partial charge in [-0.2, -0.15) is 0 Å². The first-order valence-corrected chi connectivity index (χ1v) is 15.7. The molecular weight excluding hydrogens is 546 g/mol. The van der Waals surface area contributed by atoms with Crippen molar-refractivity contribution in [1.82, 2.24) is 15.0 Å². The first-order chi connectivity index (χ1) is 22.2. The van der Waals surface area contributed by atoms with Crippen LogP contribution in [0, 0.1) is 0 Å². The van der Waals surface area contributed by atoms with Gasteiger partial charge in [-0.25, -0.2) is 4.98 Å². The summed E-state index contributed by atoms with van der Waals surface area (Å²) in [6.07, 6.45) is 9.91. The van der Waals surface area contributed by atoms with Crippen molar-refractivity contribution in [3.63, 3.8) is 0 Å². The predicted octanol–water partition coefficient (Wildman–Crippen LogP) is 11.0. The first kappa shape index (κ1) is 27.2. The Hall–Kier alpha value is -5.41. The summed E-state index contributed by atoms with van der Waals surface area (Å²) in [6.45, 7) is 6.09. The van der Waals surface area contributed by atoms with Gasteiger partial charge in [0, 0.05) is 5.56 Å². The van der Waals surface area contributed by atoms with Gasteiger partial charge in [-0.3, -0.25) is 9.97 Å². The fourth-order valence-electron chi connectivity index (χ4n) is 6.92. The molecule has 1 aliphatic carbocycles. The van der Waals surface area contributed by atoms with E-state index in [0.29, 0.717) is 0 Å². The molecule has 0 aliphatic heterocycles. The van der Waals surface area contributed by atoms with Crippen LogP contribution in [0.1, 0.15) is 37.4 Å². The minimum Gasteiger partial charge on any atom is -0.252 e. The maximum atomic E-state index is 5.04. The number of fused-ring (bicyclic) bond motifs is 7. The van der Waals surface area contributed by atoms with Gasteiger partial charge in [-0.05, 0) is 99.3 Å². The van der Waals surface area contributed by atoms with E-state index in [9.17, 15) is 0 Å². The molecule has 7 aromatic rings. The molecule has 45 heavy (non-hydrogen) atoms. The SMILES string of the molecule is C=CCCC1=C(C)c2nc(-c3cnc(-c4ccc(-c5ccc6c7ccccc7c7ccccc7c6c5)cc4)cn3)ccc2CC1. The average molecular weight is 580 g/mol. The molecule has 0 spiro atoms. The van der Waals surface area contributed by atoms with Crippen LogP contribution in [0.3, 0.4) is 0 Å². The average Bonchev–Trinajstić information content (AvgIpc) is 3.11. The summed E-state index contributed by atoms with van der Waals surface area (Å²) < 4.78 is 0. The summed E-state index contributed by atoms with van der Waals surface area (Å²) in [4.78, 5) is 14.6. The highest BCUT2D eigenvalue weighted by atomic mass is 14.8. The molecule has 0 bridgehead atoms. The number of aromatic nitrogens is 3. The molecular formula is C42H33N3. The van der Waals surface area contributed by atoms with Crippen molar-refractivity contribution < 1.29 is 0 Å². The zero-order valence-electron chi connectivity index (χ0n) is 25.4. The van der Waals surface area contributed by atoms with Crippen LogP contribution in [0.15, 0.2) is 134 Å². The minimum atomic E-state index is 0.792. The van der Waals surface area contributed by atoms with E-state index in [2.05, 4.69) is 117 Å². The van der Waals surface area contributed by atoms with Crippen LogP contribution >= 0.6 is 0 Å². The van der Waals surface area contributed by atoms with Crippen LogP contribution in [0.25, 0.3) is 71.7 Å². The van der Waals surface area contributed by atoms with E-state index in [0.717, 1.165) is 54.0 Å². The highest BCUT2D eigenvalue weighted by Gasteiger charge is 2.18. The van der Waals surface area contributed by atoms with Gasteiger partial charge >= 0.3 is 0 Å². The number of hydrogen-bond donors (Lipinski definition) is 0. The second kappa shape index (κ2) is 11.3. The van der Waals surface area contributed by atoms with Crippen LogP contribution in [-0.4, -0.2) is 15.0 Å². The fourth-order valence-corrected chi connectivity index (χ4v) is 6.92. The Morgan fingerprint density at radius 1 is 0.600 bits per heavy atom. The van der Waals surface area contributed by atoms with Crippen molar-refractivity contribution in [3.8, 4) is 33.8 Å². The summed E-state index contributed by atoms with van der Waals surface area (Å²) >= 11 is 0. The molecule has 0 fully saturated rings. The Morgan fingerprint density at radius 2 is 1.20 bits per heavy atom. The lowest BCUT2D eigenvalue weighted by Crippen LogP contribution is -2.07. The minimum absolute atomic E-state index is 0.792. The maximum Gasteiger partial charge on any atom is 0.107 e. The van der Waals surface area contributed by atoms with Gasteiger partial charge in [-0.1, -0.05) is 103 Å². The first-order valence-electron chi connectivity index (χ1n) is 15.7. The smallest absolute Gasteiger partial charge is 0.107 e. The van der Waals surface area contributed by atoms with E-state index >= 15 is 0 Å². The normalized spacial score (nSPS) is 13.0. The molecule has 3 nitrogen and oxygen atoms in total. The Balaban J connectivity index is 1.08. The lowest BCUT2D eigenvalue weighted by molar-refractivity contribution is 0.825. The molecule has 2 aromatic heterocycles. The highest BCUT2D eigenvalue weighted by Crippen LogP contribution is 2.38. The van der Waals surface area contributed by atoms with Crippen LogP contribution in [0.4, 0.5) is 0 Å². The topological polar surface area (TPSA) is 38.7 Å². The van der Waals surface area contributed by atoms with Gasteiger partial charge in [-0.15, -0.1) is 6.58 Å². The van der Waals surface area contributed by atoms with Gasteiger partial charge in [0.05, 0.1) is 29.5 Å². The third-order valence-corrected chi connectivity index (χ3v) is 9.38. The largest absolute Gasteiger partial charge is 0.252 e. The monoisotopic (exact) mass is 579 g/mol. The van der Waals surface area contributed by atoms with Crippen molar-refractivity contribution in [2.45, 2.75) is 32.6 Å². The van der Waals surface area contributed by atoms with Crippen LogP contribution in [0.5, 0.6) is 0 Å². The highest BCUT2D eigenvalue weighted by molar-refractivity contribution is 6.25. The standard InChI is InChI=1S/C42H33N3/c1-3-4-9-28-14-19-31-21-23-39(45-42(31)27(28)2)41-26-43-40(25-44-41)30-17-15-29(16-18-30)32-20-22-37-35-12-6-5-10-33(35)34-11-7-8-13-36(34)38(37)24-32/h3,5-8,10-13,15-18,20-26H,1,4,9,14,19H2,2H3. The van der Waals surface area contributed by atoms with Crippen LogP contribution < -0.4 is 0 Å². The van der Waals surface area contributed by atoms with Crippen molar-refractivity contribution in [3.05, 3.63) is 145 Å². The predicted molar refractivity (Wildman–Crippen MR) is 189 cm³/mol. The van der Waals surface area contributed by atoms with E-state index in [1.807, 2.05) is 18.5 Å². The van der Waals surface area contributed by atoms with E-state index in [-0.39, 0.29) is 0 Å². The lowest BCUT2D eigenvalue weighted by Gasteiger charge is -2.21. The zero-order valence-corrected chi connectivity index (χ0v) is 25.4. The molecule has 5 aromatic carbocycles. The molecule has 0 radical (unpaired) electrons. The van der Waals surface area contributed by atoms with Gasteiger partial charge in [0.25, 0.3) is 0 Å². The Morgan fingerprint density at radius 3 is 1.87 bits per heavy atom. The Bertz CT molecular complexity index is 2240. The van der Waals surface area contributed by atoms with E-state index in [4.69, 9.17) is 15.0 Å². The molecule has 2 heterocycles. The Labute approximate surface area is 263 Å². The fraction of sp³-hybridized carbons (Fsp3) is 0.119. The van der Waals surface area contributed by atoms with Gasteiger partial charge in [0.2, 0.25) is 0 Å². The second-order valence-electron chi connectivity index (χ2n) is 12.0. The number of benzene rings is 5. The molecule has 0 unspecified atom stereocenters. The van der Waals surface area contributed by atoms with E-state index in [1.165, 1.54) is 60.2 Å². The third-order valence-electron chi connectivity index (χ3n) is 9.38. The summed E-state index contributed by atoms with van der Waals surface area (Å²) in [5.41, 5.74) is 11.1. The van der Waals surface area contributed by atoms with Crippen molar-refractivity contribution in [2.75, 3.05) is 0 Å². The molecule has 0 atom stereocenters. The van der Waals surface area contributed by atoms with Gasteiger partial charge in [0.15, 0.2) is 0 Å². The van der Waals surface area contributed by atoms with E-state index < -0.39 is 0 Å². The Kier molecular flexibility index (Phi) is 6.80. The third kappa shape index (κ3) is 4.81. The number of aryl methyl sites for hydroxylation is 1. The number of allylic oxidation sites excluding steroid dienone is 3. The van der Waals surface area contributed by atoms with E-state index in [1.54, 1.807) is 0 Å². The molecule has 3 heteroatoms. The van der Waals surface area contributed by atoms with Crippen LogP contribution in [0.2, 0.25) is 0 Å². The summed E-state index contributed by atoms with van der Waals surface area (Å²) in [6, 6.07) is 37.2. The molecule has 0 saturated carbocycles. The van der Waals surface area contributed by atoms with Crippen molar-refractivity contribution in [2.24, 2.45) is 0 Å². The lowest BCUT2D eigenvalue weighted by atomic mass is 9.87. The summed E-state index contributed by atoms with van der Waals surface area (Å²) in [7, 11) is 0. The molecule has 216 valence electrons. The second-order valence-corrected chi connectivity index (χ2v) is 12.0. The quantitative estimate of drug-likeness (QED) is 0.145. The maximum absolute atomic E-state index is 5.04. The molecule has 0 saturated heterocycles. The van der Waals surface area contributed by atoms with Gasteiger partial charge in [0.1, 0.15) is 5.69 Å². The summed E-state index contributed by atoms with van der Waals surface area (Å²) in [5.74, 6) is 0. The zero-order chi connectivity index (χ0) is 30.3. The molecule has 0 N–H and O–H groups in total. The number of pyridine rings is 1. The van der Waals surface area contributed by atoms with Gasteiger partial charge < -0.3 is 0 Å². The molecule has 0 amide bonds. The molecule has 8 rings (SSSR count). The number of hydrogen-bond acceptors (Lipinski definition) is 3. The number of rotatable bonds is 6. The number of nitrogens with zero attached hydrogens (tertiary/aromatic N) is 3.